The topological polar surface area (TPSA) is 73.8 Å². The third-order valence-electron chi connectivity index (χ3n) is 5.11. The Morgan fingerprint density at radius 1 is 1.11 bits per heavy atom. The lowest BCUT2D eigenvalue weighted by atomic mass is 9.99. The normalized spacial score (nSPS) is 17.7. The van der Waals surface area contributed by atoms with E-state index in [0.29, 0.717) is 12.5 Å². The maximum absolute atomic E-state index is 11.6. The summed E-state index contributed by atoms with van der Waals surface area (Å²) < 4.78 is 25.6. The molecule has 3 rings (SSSR count). The van der Waals surface area contributed by atoms with Gasteiger partial charge in [0.25, 0.3) is 0 Å². The molecule has 2 N–H and O–H groups in total. The molecule has 28 heavy (non-hydrogen) atoms. The van der Waals surface area contributed by atoms with Gasteiger partial charge in [-0.05, 0) is 30.2 Å². The first-order valence-electron chi connectivity index (χ1n) is 9.50. The van der Waals surface area contributed by atoms with E-state index in [0.717, 1.165) is 36.6 Å². The van der Waals surface area contributed by atoms with Crippen LogP contribution < -0.4 is 10.0 Å². The van der Waals surface area contributed by atoms with Crippen LogP contribution >= 0.6 is 0 Å². The first-order chi connectivity index (χ1) is 13.5. The summed E-state index contributed by atoms with van der Waals surface area (Å²) in [7, 11) is -0.00585. The first kappa shape index (κ1) is 20.4. The average molecular weight is 401 g/mol. The summed E-state index contributed by atoms with van der Waals surface area (Å²) in [5.41, 5.74) is 3.24. The van der Waals surface area contributed by atoms with Crippen LogP contribution in [-0.4, -0.2) is 46.5 Å². The first-order valence-corrected chi connectivity index (χ1v) is 11.2. The Morgan fingerprint density at radius 2 is 1.79 bits per heavy atom. The van der Waals surface area contributed by atoms with Crippen LogP contribution in [-0.2, 0) is 22.3 Å². The maximum Gasteiger partial charge on any atom is 0.215 e. The predicted molar refractivity (Wildman–Crippen MR) is 114 cm³/mol. The highest BCUT2D eigenvalue weighted by molar-refractivity contribution is 7.88. The number of rotatable bonds is 6. The van der Waals surface area contributed by atoms with Crippen molar-refractivity contribution >= 4 is 16.0 Å². The lowest BCUT2D eigenvalue weighted by Crippen LogP contribution is -2.39. The number of nitrogens with zero attached hydrogens (tertiary/aromatic N) is 2. The van der Waals surface area contributed by atoms with Crippen LogP contribution in [0.5, 0.6) is 0 Å². The molecule has 0 saturated carbocycles. The number of aliphatic imine (C=N–C) groups is 1. The summed E-state index contributed by atoms with van der Waals surface area (Å²) in [5, 5.41) is 3.42. The van der Waals surface area contributed by atoms with Crippen molar-refractivity contribution in [2.24, 2.45) is 4.99 Å². The van der Waals surface area contributed by atoms with E-state index in [2.05, 4.69) is 50.3 Å². The molecule has 0 aliphatic carbocycles. The molecule has 0 aromatic heterocycles. The average Bonchev–Trinajstić information content (AvgIpc) is 3.20. The van der Waals surface area contributed by atoms with Crippen LogP contribution in [0.3, 0.4) is 0 Å². The summed E-state index contributed by atoms with van der Waals surface area (Å²) in [6.45, 7) is 2.60. The smallest absolute Gasteiger partial charge is 0.215 e. The van der Waals surface area contributed by atoms with Crippen molar-refractivity contribution in [3.8, 4) is 0 Å². The third kappa shape index (κ3) is 5.33. The van der Waals surface area contributed by atoms with E-state index >= 15 is 0 Å². The zero-order chi connectivity index (χ0) is 20.0. The number of guanidine groups is 1. The predicted octanol–water partition coefficient (Wildman–Crippen LogP) is 2.30. The van der Waals surface area contributed by atoms with E-state index < -0.39 is 10.0 Å². The van der Waals surface area contributed by atoms with Crippen LogP contribution in [0.2, 0.25) is 0 Å². The number of sulfonamides is 1. The number of nitrogens with one attached hydrogen (secondary N) is 2. The van der Waals surface area contributed by atoms with Crippen LogP contribution in [0, 0.1) is 0 Å². The van der Waals surface area contributed by atoms with Gasteiger partial charge in [0.1, 0.15) is 0 Å². The molecule has 1 unspecified atom stereocenters. The Kier molecular flexibility index (Phi) is 6.70. The van der Waals surface area contributed by atoms with Crippen molar-refractivity contribution in [3.63, 3.8) is 0 Å². The van der Waals surface area contributed by atoms with Gasteiger partial charge in [0.15, 0.2) is 5.96 Å². The summed E-state index contributed by atoms with van der Waals surface area (Å²) in [4.78, 5) is 6.73. The minimum atomic E-state index is -3.25. The molecule has 1 saturated heterocycles. The SMILES string of the molecule is CN=C(NCc1ccc(CS(=O)(=O)NC)cc1)N1CCC(c2ccccc2)C1. The molecular formula is C21H28N4O2S. The maximum atomic E-state index is 11.6. The molecule has 1 aliphatic rings. The molecule has 150 valence electrons. The molecule has 1 atom stereocenters. The second kappa shape index (κ2) is 9.21. The van der Waals surface area contributed by atoms with Crippen molar-refractivity contribution in [2.45, 2.75) is 24.6 Å². The van der Waals surface area contributed by atoms with Gasteiger partial charge in [0.2, 0.25) is 10.0 Å². The van der Waals surface area contributed by atoms with Gasteiger partial charge in [-0.3, -0.25) is 4.99 Å². The summed E-state index contributed by atoms with van der Waals surface area (Å²) in [6, 6.07) is 18.3. The fraction of sp³-hybridized carbons (Fsp3) is 0.381. The Morgan fingerprint density at radius 3 is 2.43 bits per heavy atom. The number of likely N-dealkylation sites (tertiary alicyclic amines) is 1. The summed E-state index contributed by atoms with van der Waals surface area (Å²) in [5.74, 6) is 1.43. The molecule has 1 heterocycles. The lowest BCUT2D eigenvalue weighted by Gasteiger charge is -2.22. The Labute approximate surface area is 167 Å². The Bertz CT molecular complexity index is 896. The van der Waals surface area contributed by atoms with Gasteiger partial charge >= 0.3 is 0 Å². The van der Waals surface area contributed by atoms with Gasteiger partial charge in [0, 0.05) is 32.6 Å². The highest BCUT2D eigenvalue weighted by atomic mass is 32.2. The largest absolute Gasteiger partial charge is 0.352 e. The van der Waals surface area contributed by atoms with Crippen LogP contribution in [0.4, 0.5) is 0 Å². The zero-order valence-electron chi connectivity index (χ0n) is 16.4. The Hall–Kier alpha value is -2.38. The van der Waals surface area contributed by atoms with E-state index in [9.17, 15) is 8.42 Å². The number of hydrogen-bond donors (Lipinski definition) is 2. The van der Waals surface area contributed by atoms with Crippen molar-refractivity contribution in [1.82, 2.24) is 14.9 Å². The van der Waals surface area contributed by atoms with Crippen molar-refractivity contribution in [2.75, 3.05) is 27.2 Å². The second-order valence-corrected chi connectivity index (χ2v) is 8.95. The van der Waals surface area contributed by atoms with Crippen molar-refractivity contribution < 1.29 is 8.42 Å². The number of benzene rings is 2. The monoisotopic (exact) mass is 400 g/mol. The molecule has 0 bridgehead atoms. The Balaban J connectivity index is 1.55. The van der Waals surface area contributed by atoms with Crippen LogP contribution in [0.15, 0.2) is 59.6 Å². The van der Waals surface area contributed by atoms with E-state index in [4.69, 9.17) is 0 Å². The van der Waals surface area contributed by atoms with Gasteiger partial charge in [-0.25, -0.2) is 13.1 Å². The molecule has 0 amide bonds. The van der Waals surface area contributed by atoms with E-state index in [1.54, 1.807) is 0 Å². The molecule has 1 fully saturated rings. The zero-order valence-corrected chi connectivity index (χ0v) is 17.2. The second-order valence-electron chi connectivity index (χ2n) is 7.02. The molecule has 0 radical (unpaired) electrons. The minimum Gasteiger partial charge on any atom is -0.352 e. The molecule has 2 aromatic rings. The number of hydrogen-bond acceptors (Lipinski definition) is 3. The van der Waals surface area contributed by atoms with Crippen LogP contribution in [0.25, 0.3) is 0 Å². The highest BCUT2D eigenvalue weighted by Gasteiger charge is 2.25. The quantitative estimate of drug-likeness (QED) is 0.576. The van der Waals surface area contributed by atoms with Crippen LogP contribution in [0.1, 0.15) is 29.0 Å². The minimum absolute atomic E-state index is 0.00642. The van der Waals surface area contributed by atoms with E-state index in [1.165, 1.54) is 12.6 Å². The van der Waals surface area contributed by atoms with Gasteiger partial charge in [-0.1, -0.05) is 54.6 Å². The van der Waals surface area contributed by atoms with Gasteiger partial charge in [-0.15, -0.1) is 0 Å². The molecule has 0 spiro atoms. The van der Waals surface area contributed by atoms with Crippen molar-refractivity contribution in [3.05, 3.63) is 71.3 Å². The molecule has 6 nitrogen and oxygen atoms in total. The van der Waals surface area contributed by atoms with Gasteiger partial charge in [-0.2, -0.15) is 0 Å². The fourth-order valence-electron chi connectivity index (χ4n) is 3.51. The molecule has 1 aliphatic heterocycles. The van der Waals surface area contributed by atoms with E-state index in [-0.39, 0.29) is 5.75 Å². The third-order valence-corrected chi connectivity index (χ3v) is 6.45. The lowest BCUT2D eigenvalue weighted by molar-refractivity contribution is 0.486. The van der Waals surface area contributed by atoms with Gasteiger partial charge in [0.05, 0.1) is 5.75 Å². The molecule has 2 aromatic carbocycles. The molecule has 7 heteroatoms. The highest BCUT2D eigenvalue weighted by Crippen LogP contribution is 2.26. The molecular weight excluding hydrogens is 372 g/mol. The van der Waals surface area contributed by atoms with Crippen molar-refractivity contribution in [1.29, 1.82) is 0 Å². The summed E-state index contributed by atoms with van der Waals surface area (Å²) >= 11 is 0. The standard InChI is InChI=1S/C21H28N4O2S/c1-22-21(25-13-12-20(15-25)19-6-4-3-5-7-19)24-14-17-8-10-18(11-9-17)16-28(26,27)23-2/h3-11,20,23H,12-16H2,1-2H3,(H,22,24). The fourth-order valence-corrected chi connectivity index (χ4v) is 4.28. The summed E-state index contributed by atoms with van der Waals surface area (Å²) in [6.07, 6.45) is 1.12. The van der Waals surface area contributed by atoms with E-state index in [1.807, 2.05) is 31.3 Å². The van der Waals surface area contributed by atoms with Gasteiger partial charge < -0.3 is 10.2 Å².